The topological polar surface area (TPSA) is 38.7 Å². The van der Waals surface area contributed by atoms with Gasteiger partial charge in [0.1, 0.15) is 0 Å². The van der Waals surface area contributed by atoms with E-state index in [2.05, 4.69) is 5.92 Å². The number of aliphatic hydroxyl groups excluding tert-OH is 1. The Labute approximate surface area is 78.0 Å². The summed E-state index contributed by atoms with van der Waals surface area (Å²) in [4.78, 5) is 0. The molecular weight excluding hydrogens is 168 g/mol. The zero-order chi connectivity index (χ0) is 9.42. The van der Waals surface area contributed by atoms with E-state index >= 15 is 0 Å². The minimum atomic E-state index is -0.391. The van der Waals surface area contributed by atoms with Gasteiger partial charge in [-0.05, 0) is 0 Å². The molecule has 0 amide bonds. The summed E-state index contributed by atoms with van der Waals surface area (Å²) in [7, 11) is 1.63. The molecule has 5 unspecified atom stereocenters. The second-order valence-electron chi connectivity index (χ2n) is 3.73. The van der Waals surface area contributed by atoms with Crippen LogP contribution in [-0.4, -0.2) is 30.7 Å². The molecule has 2 aliphatic rings. The van der Waals surface area contributed by atoms with Crippen LogP contribution in [0.2, 0.25) is 0 Å². The molecule has 1 aliphatic heterocycles. The van der Waals surface area contributed by atoms with Crippen LogP contribution in [0.3, 0.4) is 0 Å². The van der Waals surface area contributed by atoms with Crippen molar-refractivity contribution in [3.63, 3.8) is 0 Å². The van der Waals surface area contributed by atoms with Gasteiger partial charge in [0.05, 0.1) is 18.1 Å². The molecule has 1 aliphatic carbocycles. The van der Waals surface area contributed by atoms with Crippen molar-refractivity contribution in [2.24, 2.45) is 11.8 Å². The molecule has 0 spiro atoms. The molecule has 5 atom stereocenters. The maximum atomic E-state index is 9.59. The summed E-state index contributed by atoms with van der Waals surface area (Å²) in [6, 6.07) is 0. The third-order valence-corrected chi connectivity index (χ3v) is 3.07. The first-order chi connectivity index (χ1) is 6.26. The molecule has 2 fully saturated rings. The summed E-state index contributed by atoms with van der Waals surface area (Å²) in [5.41, 5.74) is 0. The van der Waals surface area contributed by atoms with E-state index in [1.165, 1.54) is 0 Å². The number of rotatable bonds is 1. The standard InChI is InChI=1S/C10H14O3/c1-3-6-7-4-10(12-2)13-9(7)5-8(6)11/h1,6-11H,4-5H2,2H3. The van der Waals surface area contributed by atoms with E-state index in [4.69, 9.17) is 15.9 Å². The van der Waals surface area contributed by atoms with Gasteiger partial charge >= 0.3 is 0 Å². The predicted octanol–water partition coefficient (Wildman–Crippen LogP) is 0.378. The van der Waals surface area contributed by atoms with Crippen LogP contribution in [-0.2, 0) is 9.47 Å². The van der Waals surface area contributed by atoms with E-state index in [-0.39, 0.29) is 24.2 Å². The molecule has 1 heterocycles. The van der Waals surface area contributed by atoms with Crippen molar-refractivity contribution < 1.29 is 14.6 Å². The predicted molar refractivity (Wildman–Crippen MR) is 46.7 cm³/mol. The molecule has 3 nitrogen and oxygen atoms in total. The lowest BCUT2D eigenvalue weighted by atomic mass is 9.93. The monoisotopic (exact) mass is 182 g/mol. The first-order valence-electron chi connectivity index (χ1n) is 4.58. The van der Waals surface area contributed by atoms with E-state index in [0.717, 1.165) is 6.42 Å². The van der Waals surface area contributed by atoms with Crippen LogP contribution in [0.25, 0.3) is 0 Å². The van der Waals surface area contributed by atoms with Crippen molar-refractivity contribution in [2.45, 2.75) is 31.3 Å². The molecule has 0 bridgehead atoms. The SMILES string of the molecule is C#CC1C(O)CC2OC(OC)CC21. The van der Waals surface area contributed by atoms with Gasteiger partial charge in [-0.15, -0.1) is 12.3 Å². The molecule has 0 radical (unpaired) electrons. The van der Waals surface area contributed by atoms with Gasteiger partial charge < -0.3 is 14.6 Å². The molecule has 1 saturated carbocycles. The first kappa shape index (κ1) is 9.01. The number of hydrogen-bond donors (Lipinski definition) is 1. The molecule has 0 aromatic carbocycles. The summed E-state index contributed by atoms with van der Waals surface area (Å²) in [6.07, 6.45) is 6.41. The van der Waals surface area contributed by atoms with Gasteiger partial charge in [0.15, 0.2) is 6.29 Å². The molecule has 1 N–H and O–H groups in total. The smallest absolute Gasteiger partial charge is 0.157 e. The third kappa shape index (κ3) is 1.35. The van der Waals surface area contributed by atoms with Crippen molar-refractivity contribution in [3.8, 4) is 12.3 Å². The summed E-state index contributed by atoms with van der Waals surface area (Å²) < 4.78 is 10.7. The molecular formula is C10H14O3. The molecule has 72 valence electrons. The average Bonchev–Trinajstić information content (AvgIpc) is 2.60. The second-order valence-corrected chi connectivity index (χ2v) is 3.73. The van der Waals surface area contributed by atoms with Crippen LogP contribution < -0.4 is 0 Å². The van der Waals surface area contributed by atoms with Gasteiger partial charge in [-0.2, -0.15) is 0 Å². The number of ether oxygens (including phenoxy) is 2. The summed E-state index contributed by atoms with van der Waals surface area (Å²) in [5, 5.41) is 9.59. The Hall–Kier alpha value is -0.560. The summed E-state index contributed by atoms with van der Waals surface area (Å²) in [5.74, 6) is 2.88. The molecule has 0 aromatic rings. The Bertz CT molecular complexity index is 233. The number of methoxy groups -OCH3 is 1. The summed E-state index contributed by atoms with van der Waals surface area (Å²) in [6.45, 7) is 0. The minimum absolute atomic E-state index is 0.0508. The number of aliphatic hydroxyl groups is 1. The Morgan fingerprint density at radius 3 is 2.92 bits per heavy atom. The largest absolute Gasteiger partial charge is 0.392 e. The summed E-state index contributed by atoms with van der Waals surface area (Å²) >= 11 is 0. The van der Waals surface area contributed by atoms with Crippen molar-refractivity contribution in [2.75, 3.05) is 7.11 Å². The Kier molecular flexibility index (Phi) is 2.29. The van der Waals surface area contributed by atoms with Gasteiger partial charge in [-0.1, -0.05) is 0 Å². The third-order valence-electron chi connectivity index (χ3n) is 3.07. The van der Waals surface area contributed by atoms with Gasteiger partial charge in [0.2, 0.25) is 0 Å². The quantitative estimate of drug-likeness (QED) is 0.596. The molecule has 13 heavy (non-hydrogen) atoms. The van der Waals surface area contributed by atoms with Crippen LogP contribution in [0.15, 0.2) is 0 Å². The van der Waals surface area contributed by atoms with E-state index < -0.39 is 6.10 Å². The van der Waals surface area contributed by atoms with Gasteiger partial charge in [0.25, 0.3) is 0 Å². The fourth-order valence-electron chi connectivity index (χ4n) is 2.39. The molecule has 2 rings (SSSR count). The average molecular weight is 182 g/mol. The molecule has 3 heteroatoms. The highest BCUT2D eigenvalue weighted by atomic mass is 16.7. The highest BCUT2D eigenvalue weighted by Gasteiger charge is 2.48. The molecule has 0 aromatic heterocycles. The van der Waals surface area contributed by atoms with Gasteiger partial charge in [-0.3, -0.25) is 0 Å². The first-order valence-corrected chi connectivity index (χ1v) is 4.58. The van der Waals surface area contributed by atoms with Crippen molar-refractivity contribution >= 4 is 0 Å². The van der Waals surface area contributed by atoms with E-state index in [1.807, 2.05) is 0 Å². The lowest BCUT2D eigenvalue weighted by Gasteiger charge is -2.14. The maximum absolute atomic E-state index is 9.59. The van der Waals surface area contributed by atoms with E-state index in [1.54, 1.807) is 7.11 Å². The van der Waals surface area contributed by atoms with Crippen LogP contribution in [0.1, 0.15) is 12.8 Å². The fourth-order valence-corrected chi connectivity index (χ4v) is 2.39. The second kappa shape index (κ2) is 3.30. The lowest BCUT2D eigenvalue weighted by molar-refractivity contribution is -0.118. The zero-order valence-corrected chi connectivity index (χ0v) is 7.64. The molecule has 1 saturated heterocycles. The highest BCUT2D eigenvalue weighted by molar-refractivity contribution is 5.08. The van der Waals surface area contributed by atoms with E-state index in [9.17, 15) is 5.11 Å². The Morgan fingerprint density at radius 2 is 2.31 bits per heavy atom. The normalized spacial score (nSPS) is 48.8. The van der Waals surface area contributed by atoms with Crippen LogP contribution in [0.4, 0.5) is 0 Å². The van der Waals surface area contributed by atoms with Crippen LogP contribution in [0, 0.1) is 24.2 Å². The van der Waals surface area contributed by atoms with Crippen molar-refractivity contribution in [3.05, 3.63) is 0 Å². The fraction of sp³-hybridized carbons (Fsp3) is 0.800. The van der Waals surface area contributed by atoms with Gasteiger partial charge in [-0.25, -0.2) is 0 Å². The number of hydrogen-bond acceptors (Lipinski definition) is 3. The highest BCUT2D eigenvalue weighted by Crippen LogP contribution is 2.42. The number of fused-ring (bicyclic) bond motifs is 1. The number of terminal acetylenes is 1. The van der Waals surface area contributed by atoms with Gasteiger partial charge in [0, 0.05) is 25.9 Å². The maximum Gasteiger partial charge on any atom is 0.157 e. The Balaban J connectivity index is 2.07. The van der Waals surface area contributed by atoms with Crippen LogP contribution >= 0.6 is 0 Å². The van der Waals surface area contributed by atoms with Crippen LogP contribution in [0.5, 0.6) is 0 Å². The van der Waals surface area contributed by atoms with E-state index in [0.29, 0.717) is 6.42 Å². The van der Waals surface area contributed by atoms with Crippen molar-refractivity contribution in [1.29, 1.82) is 0 Å². The van der Waals surface area contributed by atoms with Crippen molar-refractivity contribution in [1.82, 2.24) is 0 Å². The Morgan fingerprint density at radius 1 is 1.54 bits per heavy atom. The lowest BCUT2D eigenvalue weighted by Crippen LogP contribution is -2.19. The minimum Gasteiger partial charge on any atom is -0.392 e. The zero-order valence-electron chi connectivity index (χ0n) is 7.64.